The fraction of sp³-hybridized carbons (Fsp3) is 0.250. The highest BCUT2D eigenvalue weighted by Gasteiger charge is 2.07. The molecular formula is C16H17ClFNO. The van der Waals surface area contributed by atoms with Crippen molar-refractivity contribution in [3.8, 4) is 11.5 Å². The summed E-state index contributed by atoms with van der Waals surface area (Å²) in [6, 6.07) is 12.5. The number of para-hydroxylation sites is 1. The SMILES string of the molecule is CC(C)NCc1ccccc1Oc1ccc(Cl)c(F)c1. The zero-order valence-corrected chi connectivity index (χ0v) is 12.2. The molecule has 0 amide bonds. The molecule has 1 N–H and O–H groups in total. The first-order chi connectivity index (χ1) is 9.56. The van der Waals surface area contributed by atoms with E-state index in [4.69, 9.17) is 16.3 Å². The molecule has 0 saturated heterocycles. The number of benzene rings is 2. The molecule has 0 spiro atoms. The summed E-state index contributed by atoms with van der Waals surface area (Å²) in [5.41, 5.74) is 1.02. The number of hydrogen-bond acceptors (Lipinski definition) is 2. The smallest absolute Gasteiger partial charge is 0.145 e. The van der Waals surface area contributed by atoms with Crippen LogP contribution in [0.4, 0.5) is 4.39 Å². The zero-order valence-electron chi connectivity index (χ0n) is 11.5. The Hall–Kier alpha value is -1.58. The van der Waals surface area contributed by atoms with Crippen LogP contribution in [-0.4, -0.2) is 6.04 Å². The average Bonchev–Trinajstić information content (AvgIpc) is 2.42. The molecule has 0 aliphatic heterocycles. The molecule has 2 aromatic carbocycles. The van der Waals surface area contributed by atoms with Crippen molar-refractivity contribution in [1.29, 1.82) is 0 Å². The second-order valence-electron chi connectivity index (χ2n) is 4.82. The molecule has 0 aromatic heterocycles. The van der Waals surface area contributed by atoms with Gasteiger partial charge in [-0.3, -0.25) is 0 Å². The van der Waals surface area contributed by atoms with E-state index < -0.39 is 5.82 Å². The van der Waals surface area contributed by atoms with Crippen molar-refractivity contribution < 1.29 is 9.13 Å². The molecule has 0 aliphatic carbocycles. The zero-order chi connectivity index (χ0) is 14.5. The second kappa shape index (κ2) is 6.73. The summed E-state index contributed by atoms with van der Waals surface area (Å²) in [6.45, 7) is 4.86. The number of rotatable bonds is 5. The van der Waals surface area contributed by atoms with Crippen LogP contribution >= 0.6 is 11.6 Å². The Morgan fingerprint density at radius 3 is 2.65 bits per heavy atom. The number of hydrogen-bond donors (Lipinski definition) is 1. The molecular weight excluding hydrogens is 277 g/mol. The van der Waals surface area contributed by atoms with Gasteiger partial charge < -0.3 is 10.1 Å². The monoisotopic (exact) mass is 293 g/mol. The topological polar surface area (TPSA) is 21.3 Å². The predicted molar refractivity (Wildman–Crippen MR) is 79.9 cm³/mol. The van der Waals surface area contributed by atoms with Crippen LogP contribution in [0.5, 0.6) is 11.5 Å². The molecule has 0 bridgehead atoms. The van der Waals surface area contributed by atoms with Crippen molar-refractivity contribution >= 4 is 11.6 Å². The van der Waals surface area contributed by atoms with E-state index in [9.17, 15) is 4.39 Å². The summed E-state index contributed by atoms with van der Waals surface area (Å²) < 4.78 is 19.2. The molecule has 20 heavy (non-hydrogen) atoms. The highest BCUT2D eigenvalue weighted by atomic mass is 35.5. The first kappa shape index (κ1) is 14.8. The Bertz CT molecular complexity index is 586. The summed E-state index contributed by atoms with van der Waals surface area (Å²) in [5, 5.41) is 3.42. The standard InChI is InChI=1S/C16H17ClFNO/c1-11(2)19-10-12-5-3-4-6-16(12)20-13-7-8-14(17)15(18)9-13/h3-9,11,19H,10H2,1-2H3. The molecule has 0 heterocycles. The molecule has 0 saturated carbocycles. The first-order valence-corrected chi connectivity index (χ1v) is 6.88. The summed E-state index contributed by atoms with van der Waals surface area (Å²) >= 11 is 5.66. The minimum absolute atomic E-state index is 0.0899. The summed E-state index contributed by atoms with van der Waals surface area (Å²) in [6.07, 6.45) is 0. The second-order valence-corrected chi connectivity index (χ2v) is 5.23. The van der Waals surface area contributed by atoms with Crippen molar-refractivity contribution in [3.63, 3.8) is 0 Å². The van der Waals surface area contributed by atoms with Gasteiger partial charge in [0, 0.05) is 24.2 Å². The van der Waals surface area contributed by atoms with Crippen molar-refractivity contribution in [3.05, 3.63) is 58.9 Å². The third-order valence-electron chi connectivity index (χ3n) is 2.79. The molecule has 2 aromatic rings. The van der Waals surface area contributed by atoms with E-state index in [1.807, 2.05) is 24.3 Å². The van der Waals surface area contributed by atoms with Crippen LogP contribution in [0.1, 0.15) is 19.4 Å². The van der Waals surface area contributed by atoms with Crippen molar-refractivity contribution in [2.45, 2.75) is 26.4 Å². The van der Waals surface area contributed by atoms with Crippen LogP contribution in [0, 0.1) is 5.82 Å². The molecule has 0 atom stereocenters. The van der Waals surface area contributed by atoms with Crippen LogP contribution in [0.25, 0.3) is 0 Å². The van der Waals surface area contributed by atoms with Gasteiger partial charge in [-0.15, -0.1) is 0 Å². The van der Waals surface area contributed by atoms with E-state index in [0.29, 0.717) is 24.1 Å². The molecule has 0 fully saturated rings. The molecule has 2 rings (SSSR count). The Balaban J connectivity index is 2.17. The van der Waals surface area contributed by atoms with Gasteiger partial charge in [0.15, 0.2) is 0 Å². The van der Waals surface area contributed by atoms with Crippen LogP contribution in [-0.2, 0) is 6.54 Å². The maximum absolute atomic E-state index is 13.4. The van der Waals surface area contributed by atoms with E-state index in [2.05, 4.69) is 19.2 Å². The van der Waals surface area contributed by atoms with Gasteiger partial charge in [-0.1, -0.05) is 43.6 Å². The lowest BCUT2D eigenvalue weighted by Crippen LogP contribution is -2.22. The largest absolute Gasteiger partial charge is 0.457 e. The van der Waals surface area contributed by atoms with Gasteiger partial charge in [0.25, 0.3) is 0 Å². The summed E-state index contributed by atoms with van der Waals surface area (Å²) in [4.78, 5) is 0. The highest BCUT2D eigenvalue weighted by Crippen LogP contribution is 2.27. The molecule has 2 nitrogen and oxygen atoms in total. The van der Waals surface area contributed by atoms with Crippen LogP contribution in [0.3, 0.4) is 0 Å². The van der Waals surface area contributed by atoms with Gasteiger partial charge in [0.1, 0.15) is 17.3 Å². The molecule has 0 aliphatic rings. The average molecular weight is 294 g/mol. The summed E-state index contributed by atoms with van der Waals surface area (Å²) in [5.74, 6) is 0.660. The summed E-state index contributed by atoms with van der Waals surface area (Å²) in [7, 11) is 0. The fourth-order valence-electron chi connectivity index (χ4n) is 1.73. The van der Waals surface area contributed by atoms with E-state index in [1.54, 1.807) is 6.07 Å². The van der Waals surface area contributed by atoms with Gasteiger partial charge in [0.2, 0.25) is 0 Å². The molecule has 0 unspecified atom stereocenters. The third kappa shape index (κ3) is 3.95. The van der Waals surface area contributed by atoms with Gasteiger partial charge in [0.05, 0.1) is 5.02 Å². The van der Waals surface area contributed by atoms with Crippen LogP contribution in [0.15, 0.2) is 42.5 Å². The Kier molecular flexibility index (Phi) is 4.99. The highest BCUT2D eigenvalue weighted by molar-refractivity contribution is 6.30. The van der Waals surface area contributed by atoms with E-state index >= 15 is 0 Å². The minimum atomic E-state index is -0.484. The van der Waals surface area contributed by atoms with Crippen molar-refractivity contribution in [1.82, 2.24) is 5.32 Å². The van der Waals surface area contributed by atoms with E-state index in [-0.39, 0.29) is 5.02 Å². The number of nitrogens with one attached hydrogen (secondary N) is 1. The molecule has 106 valence electrons. The quantitative estimate of drug-likeness (QED) is 0.857. The lowest BCUT2D eigenvalue weighted by Gasteiger charge is -2.13. The third-order valence-corrected chi connectivity index (χ3v) is 3.10. The van der Waals surface area contributed by atoms with Gasteiger partial charge >= 0.3 is 0 Å². The maximum atomic E-state index is 13.4. The lowest BCUT2D eigenvalue weighted by molar-refractivity contribution is 0.464. The number of ether oxygens (including phenoxy) is 1. The number of halogens is 2. The Morgan fingerprint density at radius 1 is 1.20 bits per heavy atom. The van der Waals surface area contributed by atoms with Gasteiger partial charge in [-0.05, 0) is 18.2 Å². The van der Waals surface area contributed by atoms with Crippen molar-refractivity contribution in [2.24, 2.45) is 0 Å². The first-order valence-electron chi connectivity index (χ1n) is 6.50. The van der Waals surface area contributed by atoms with E-state index in [0.717, 1.165) is 5.56 Å². The fourth-order valence-corrected chi connectivity index (χ4v) is 1.85. The normalized spacial score (nSPS) is 10.8. The van der Waals surface area contributed by atoms with Gasteiger partial charge in [-0.2, -0.15) is 0 Å². The minimum Gasteiger partial charge on any atom is -0.457 e. The maximum Gasteiger partial charge on any atom is 0.145 e. The van der Waals surface area contributed by atoms with E-state index in [1.165, 1.54) is 12.1 Å². The van der Waals surface area contributed by atoms with Gasteiger partial charge in [-0.25, -0.2) is 4.39 Å². The molecule has 4 heteroatoms. The van der Waals surface area contributed by atoms with Crippen LogP contribution in [0.2, 0.25) is 5.02 Å². The Morgan fingerprint density at radius 2 is 1.95 bits per heavy atom. The van der Waals surface area contributed by atoms with Crippen LogP contribution < -0.4 is 10.1 Å². The van der Waals surface area contributed by atoms with Crippen molar-refractivity contribution in [2.75, 3.05) is 0 Å². The molecule has 0 radical (unpaired) electrons. The lowest BCUT2D eigenvalue weighted by atomic mass is 10.2. The Labute approximate surface area is 123 Å². The predicted octanol–water partition coefficient (Wildman–Crippen LogP) is 4.77.